The van der Waals surface area contributed by atoms with Gasteiger partial charge in [-0.15, -0.1) is 0 Å². The lowest BCUT2D eigenvalue weighted by Crippen LogP contribution is -2.05. The number of sulfone groups is 1. The molecule has 0 aliphatic heterocycles. The highest BCUT2D eigenvalue weighted by molar-refractivity contribution is 7.91. The first-order chi connectivity index (χ1) is 12.0. The van der Waals surface area contributed by atoms with Crippen molar-refractivity contribution in [1.29, 1.82) is 0 Å². The predicted molar refractivity (Wildman–Crippen MR) is 98.3 cm³/mol. The molecule has 0 aliphatic carbocycles. The molecule has 1 aromatic heterocycles. The van der Waals surface area contributed by atoms with Gasteiger partial charge in [0.2, 0.25) is 26.6 Å². The van der Waals surface area contributed by atoms with Gasteiger partial charge < -0.3 is 9.73 Å². The molecule has 1 heterocycles. The second-order valence-electron chi connectivity index (χ2n) is 5.14. The summed E-state index contributed by atoms with van der Waals surface area (Å²) in [4.78, 5) is 4.23. The highest BCUT2D eigenvalue weighted by Crippen LogP contribution is 2.29. The molecule has 3 rings (SSSR count). The molecular weight excluding hydrogens is 360 g/mol. The molecule has 0 unspecified atom stereocenters. The zero-order valence-electron chi connectivity index (χ0n) is 13.3. The van der Waals surface area contributed by atoms with Crippen molar-refractivity contribution in [2.75, 3.05) is 12.4 Å². The number of halogens is 1. The number of aromatic nitrogens is 1. The molecule has 1 N–H and O–H groups in total. The van der Waals surface area contributed by atoms with Gasteiger partial charge in [-0.05, 0) is 35.9 Å². The summed E-state index contributed by atoms with van der Waals surface area (Å²) in [6, 6.07) is 15.5. The number of nitrogens with one attached hydrogen (secondary N) is 1. The minimum absolute atomic E-state index is 0.0858. The molecule has 25 heavy (non-hydrogen) atoms. The molecule has 0 saturated heterocycles. The van der Waals surface area contributed by atoms with Crippen molar-refractivity contribution < 1.29 is 12.8 Å². The van der Waals surface area contributed by atoms with E-state index in [1.54, 1.807) is 19.2 Å². The van der Waals surface area contributed by atoms with Crippen LogP contribution in [-0.4, -0.2) is 20.4 Å². The second kappa shape index (κ2) is 7.13. The Kier molecular flexibility index (Phi) is 4.92. The molecule has 0 bridgehead atoms. The van der Waals surface area contributed by atoms with E-state index in [4.69, 9.17) is 16.0 Å². The van der Waals surface area contributed by atoms with E-state index in [0.29, 0.717) is 5.02 Å². The van der Waals surface area contributed by atoms with Crippen molar-refractivity contribution in [3.05, 3.63) is 71.1 Å². The van der Waals surface area contributed by atoms with Crippen LogP contribution >= 0.6 is 11.6 Å². The van der Waals surface area contributed by atoms with Crippen LogP contribution in [0.2, 0.25) is 5.02 Å². The Balaban J connectivity index is 1.98. The summed E-state index contributed by atoms with van der Waals surface area (Å²) >= 11 is 5.82. The Labute approximate surface area is 150 Å². The maximum atomic E-state index is 12.8. The normalized spacial score (nSPS) is 11.8. The van der Waals surface area contributed by atoms with Crippen molar-refractivity contribution in [2.24, 2.45) is 0 Å². The molecule has 0 saturated carbocycles. The molecule has 0 amide bonds. The fraction of sp³-hybridized carbons (Fsp3) is 0.0556. The maximum Gasteiger partial charge on any atom is 0.233 e. The van der Waals surface area contributed by atoms with E-state index in [9.17, 15) is 8.42 Å². The number of hydrogen-bond acceptors (Lipinski definition) is 5. The van der Waals surface area contributed by atoms with Crippen LogP contribution in [0, 0.1) is 0 Å². The Bertz CT molecular complexity index is 995. The summed E-state index contributed by atoms with van der Waals surface area (Å²) in [6.07, 6.45) is 3.42. The lowest BCUT2D eigenvalue weighted by Gasteiger charge is -2.02. The van der Waals surface area contributed by atoms with Crippen LogP contribution in [0.3, 0.4) is 0 Å². The number of benzene rings is 2. The highest BCUT2D eigenvalue weighted by Gasteiger charge is 2.27. The SMILES string of the molecule is CNc1oc(/C=C/c2ccccc2)nc1S(=O)(=O)c1ccc(Cl)cc1. The molecule has 7 heteroatoms. The maximum absolute atomic E-state index is 12.8. The monoisotopic (exact) mass is 374 g/mol. The molecule has 128 valence electrons. The topological polar surface area (TPSA) is 72.2 Å². The molecule has 0 fully saturated rings. The van der Waals surface area contributed by atoms with Gasteiger partial charge in [0.15, 0.2) is 0 Å². The van der Waals surface area contributed by atoms with E-state index in [1.807, 2.05) is 30.3 Å². The highest BCUT2D eigenvalue weighted by atomic mass is 35.5. The molecule has 0 radical (unpaired) electrons. The lowest BCUT2D eigenvalue weighted by molar-refractivity contribution is 0.558. The largest absolute Gasteiger partial charge is 0.420 e. The quantitative estimate of drug-likeness (QED) is 0.717. The summed E-state index contributed by atoms with van der Waals surface area (Å²) < 4.78 is 31.1. The van der Waals surface area contributed by atoms with Crippen molar-refractivity contribution in [2.45, 2.75) is 9.92 Å². The summed E-state index contributed by atoms with van der Waals surface area (Å²) in [6.45, 7) is 0. The van der Waals surface area contributed by atoms with Crippen molar-refractivity contribution in [3.63, 3.8) is 0 Å². The van der Waals surface area contributed by atoms with Gasteiger partial charge in [0.05, 0.1) is 4.90 Å². The molecule has 0 atom stereocenters. The van der Waals surface area contributed by atoms with Crippen LogP contribution in [-0.2, 0) is 9.84 Å². The average molecular weight is 375 g/mol. The van der Waals surface area contributed by atoms with Crippen LogP contribution < -0.4 is 5.32 Å². The Morgan fingerprint density at radius 1 is 1.04 bits per heavy atom. The summed E-state index contributed by atoms with van der Waals surface area (Å²) in [5, 5.41) is 3.03. The number of nitrogens with zero attached hydrogens (tertiary/aromatic N) is 1. The Morgan fingerprint density at radius 3 is 2.36 bits per heavy atom. The van der Waals surface area contributed by atoms with Crippen LogP contribution in [0.25, 0.3) is 12.2 Å². The minimum Gasteiger partial charge on any atom is -0.420 e. The van der Waals surface area contributed by atoms with Gasteiger partial charge in [0.25, 0.3) is 0 Å². The van der Waals surface area contributed by atoms with Gasteiger partial charge in [-0.2, -0.15) is 4.98 Å². The third kappa shape index (κ3) is 3.75. The first kappa shape index (κ1) is 17.3. The number of anilines is 1. The van der Waals surface area contributed by atoms with E-state index in [0.717, 1.165) is 5.56 Å². The van der Waals surface area contributed by atoms with E-state index in [-0.39, 0.29) is 21.7 Å². The molecule has 5 nitrogen and oxygen atoms in total. The lowest BCUT2D eigenvalue weighted by atomic mass is 10.2. The molecule has 0 aliphatic rings. The predicted octanol–water partition coefficient (Wildman–Crippen LogP) is 4.37. The fourth-order valence-electron chi connectivity index (χ4n) is 2.19. The fourth-order valence-corrected chi connectivity index (χ4v) is 3.63. The van der Waals surface area contributed by atoms with Gasteiger partial charge in [-0.25, -0.2) is 8.42 Å². The molecule has 2 aromatic carbocycles. The van der Waals surface area contributed by atoms with Crippen LogP contribution in [0.15, 0.2) is 68.9 Å². The minimum atomic E-state index is -3.82. The van der Waals surface area contributed by atoms with Crippen molar-refractivity contribution in [1.82, 2.24) is 4.98 Å². The number of oxazole rings is 1. The summed E-state index contributed by atoms with van der Waals surface area (Å²) in [5.74, 6) is 0.281. The van der Waals surface area contributed by atoms with E-state index < -0.39 is 9.84 Å². The standard InChI is InChI=1S/C18H15ClN2O3S/c1-20-17-18(25(22,23)15-10-8-14(19)9-11-15)21-16(24-17)12-7-13-5-3-2-4-6-13/h2-12,20H,1H3/b12-7+. The van der Waals surface area contributed by atoms with Crippen LogP contribution in [0.4, 0.5) is 5.88 Å². The van der Waals surface area contributed by atoms with Gasteiger partial charge in [0.1, 0.15) is 0 Å². The molecular formula is C18H15ClN2O3S. The van der Waals surface area contributed by atoms with Gasteiger partial charge >= 0.3 is 0 Å². The first-order valence-electron chi connectivity index (χ1n) is 7.43. The van der Waals surface area contributed by atoms with E-state index >= 15 is 0 Å². The molecule has 3 aromatic rings. The summed E-state index contributed by atoms with van der Waals surface area (Å²) in [5.41, 5.74) is 0.953. The van der Waals surface area contributed by atoms with Gasteiger partial charge in [0, 0.05) is 18.1 Å². The Hall–Kier alpha value is -2.57. The zero-order valence-corrected chi connectivity index (χ0v) is 14.9. The first-order valence-corrected chi connectivity index (χ1v) is 9.29. The van der Waals surface area contributed by atoms with Crippen molar-refractivity contribution >= 4 is 39.5 Å². The second-order valence-corrected chi connectivity index (χ2v) is 7.44. The van der Waals surface area contributed by atoms with Gasteiger partial charge in [-0.3, -0.25) is 0 Å². The summed E-state index contributed by atoms with van der Waals surface area (Å²) in [7, 11) is -2.25. The average Bonchev–Trinajstić information content (AvgIpc) is 3.05. The van der Waals surface area contributed by atoms with Crippen molar-refractivity contribution in [3.8, 4) is 0 Å². The van der Waals surface area contributed by atoms with E-state index in [2.05, 4.69) is 10.3 Å². The third-order valence-electron chi connectivity index (χ3n) is 3.44. The Morgan fingerprint density at radius 2 is 1.72 bits per heavy atom. The number of hydrogen-bond donors (Lipinski definition) is 1. The number of rotatable bonds is 5. The van der Waals surface area contributed by atoms with E-state index in [1.165, 1.54) is 24.3 Å². The third-order valence-corrected chi connectivity index (χ3v) is 5.37. The van der Waals surface area contributed by atoms with Gasteiger partial charge in [-0.1, -0.05) is 41.9 Å². The zero-order chi connectivity index (χ0) is 17.9. The molecule has 0 spiro atoms. The van der Waals surface area contributed by atoms with Crippen LogP contribution in [0.5, 0.6) is 0 Å². The smallest absolute Gasteiger partial charge is 0.233 e. The van der Waals surface area contributed by atoms with Crippen LogP contribution in [0.1, 0.15) is 11.5 Å².